The molecule has 0 fully saturated rings. The molecule has 1 N–H and O–H groups in total. The number of nitrogens with one attached hydrogen (secondary N) is 1. The van der Waals surface area contributed by atoms with Crippen molar-refractivity contribution >= 4 is 33.1 Å². The SMILES string of the molecule is CCCNc1nc(-c2ccc(CC)s2)nc(COC)c1Br. The Balaban J connectivity index is 2.41. The summed E-state index contributed by atoms with van der Waals surface area (Å²) in [5.74, 6) is 1.59. The lowest BCUT2D eigenvalue weighted by Crippen LogP contribution is -2.07. The lowest BCUT2D eigenvalue weighted by atomic mass is 10.3. The number of halogens is 1. The molecule has 0 atom stereocenters. The van der Waals surface area contributed by atoms with Crippen molar-refractivity contribution in [2.75, 3.05) is 19.0 Å². The molecule has 0 saturated carbocycles. The zero-order chi connectivity index (χ0) is 15.2. The Bertz CT molecular complexity index is 601. The normalized spacial score (nSPS) is 10.9. The van der Waals surface area contributed by atoms with Gasteiger partial charge in [0.2, 0.25) is 0 Å². The quantitative estimate of drug-likeness (QED) is 0.780. The highest BCUT2D eigenvalue weighted by molar-refractivity contribution is 9.10. The van der Waals surface area contributed by atoms with Crippen LogP contribution < -0.4 is 5.32 Å². The van der Waals surface area contributed by atoms with E-state index in [9.17, 15) is 0 Å². The number of nitrogens with zero attached hydrogens (tertiary/aromatic N) is 2. The summed E-state index contributed by atoms with van der Waals surface area (Å²) in [7, 11) is 1.67. The van der Waals surface area contributed by atoms with E-state index >= 15 is 0 Å². The van der Waals surface area contributed by atoms with Gasteiger partial charge in [0, 0.05) is 18.5 Å². The maximum Gasteiger partial charge on any atom is 0.172 e. The molecular weight excluding hydrogens is 350 g/mol. The molecule has 0 aliphatic heterocycles. The first-order chi connectivity index (χ1) is 10.2. The number of anilines is 1. The maximum atomic E-state index is 5.24. The van der Waals surface area contributed by atoms with E-state index in [4.69, 9.17) is 4.74 Å². The van der Waals surface area contributed by atoms with Crippen molar-refractivity contribution in [2.24, 2.45) is 0 Å². The number of hydrogen-bond donors (Lipinski definition) is 1. The molecule has 0 unspecified atom stereocenters. The summed E-state index contributed by atoms with van der Waals surface area (Å²) in [5, 5.41) is 3.34. The van der Waals surface area contributed by atoms with Gasteiger partial charge in [-0.25, -0.2) is 9.97 Å². The lowest BCUT2D eigenvalue weighted by Gasteiger charge is -2.11. The van der Waals surface area contributed by atoms with Crippen LogP contribution in [0.5, 0.6) is 0 Å². The molecule has 0 radical (unpaired) electrons. The molecule has 4 nitrogen and oxygen atoms in total. The third-order valence-corrected chi connectivity index (χ3v) is 5.03. The van der Waals surface area contributed by atoms with Crippen molar-refractivity contribution in [2.45, 2.75) is 33.3 Å². The molecule has 0 amide bonds. The van der Waals surface area contributed by atoms with Crippen molar-refractivity contribution in [1.29, 1.82) is 0 Å². The van der Waals surface area contributed by atoms with Crippen molar-refractivity contribution in [3.8, 4) is 10.7 Å². The summed E-state index contributed by atoms with van der Waals surface area (Å²) in [6.07, 6.45) is 2.08. The first kappa shape index (κ1) is 16.4. The Morgan fingerprint density at radius 3 is 2.71 bits per heavy atom. The van der Waals surface area contributed by atoms with Crippen LogP contribution in [0.2, 0.25) is 0 Å². The summed E-state index contributed by atoms with van der Waals surface area (Å²) in [5.41, 5.74) is 0.868. The first-order valence-electron chi connectivity index (χ1n) is 7.07. The van der Waals surface area contributed by atoms with Gasteiger partial charge in [-0.15, -0.1) is 11.3 Å². The van der Waals surface area contributed by atoms with Crippen LogP contribution in [0.4, 0.5) is 5.82 Å². The van der Waals surface area contributed by atoms with Crippen LogP contribution in [0.3, 0.4) is 0 Å². The average Bonchev–Trinajstić information content (AvgIpc) is 2.97. The van der Waals surface area contributed by atoms with Gasteiger partial charge in [-0.05, 0) is 40.9 Å². The molecule has 0 aromatic carbocycles. The standard InChI is InChI=1S/C15H20BrN3OS/c1-4-8-17-15-13(16)11(9-20-3)18-14(19-15)12-7-6-10(5-2)21-12/h6-7H,4-5,8-9H2,1-3H3,(H,17,18,19). The molecular formula is C15H20BrN3OS. The van der Waals surface area contributed by atoms with Crippen molar-refractivity contribution in [1.82, 2.24) is 9.97 Å². The zero-order valence-corrected chi connectivity index (χ0v) is 15.0. The minimum absolute atomic E-state index is 0.461. The van der Waals surface area contributed by atoms with E-state index in [1.165, 1.54) is 4.88 Å². The minimum Gasteiger partial charge on any atom is -0.378 e. The van der Waals surface area contributed by atoms with E-state index in [2.05, 4.69) is 57.2 Å². The van der Waals surface area contributed by atoms with Gasteiger partial charge >= 0.3 is 0 Å². The first-order valence-corrected chi connectivity index (χ1v) is 8.68. The summed E-state index contributed by atoms with van der Waals surface area (Å²) in [4.78, 5) is 11.7. The Labute approximate surface area is 138 Å². The lowest BCUT2D eigenvalue weighted by molar-refractivity contribution is 0.181. The molecule has 0 spiro atoms. The number of aryl methyl sites for hydroxylation is 1. The smallest absolute Gasteiger partial charge is 0.172 e. The Morgan fingerprint density at radius 2 is 2.10 bits per heavy atom. The molecule has 0 bridgehead atoms. The number of aromatic nitrogens is 2. The van der Waals surface area contributed by atoms with E-state index in [-0.39, 0.29) is 0 Å². The second-order valence-corrected chi connectivity index (χ2v) is 6.60. The number of methoxy groups -OCH3 is 1. The third kappa shape index (κ3) is 4.02. The van der Waals surface area contributed by atoms with Crippen molar-refractivity contribution in [3.05, 3.63) is 27.2 Å². The molecule has 2 aromatic rings. The van der Waals surface area contributed by atoms with Gasteiger partial charge in [-0.3, -0.25) is 0 Å². The number of hydrogen-bond acceptors (Lipinski definition) is 5. The largest absolute Gasteiger partial charge is 0.378 e. The van der Waals surface area contributed by atoms with Gasteiger partial charge in [0.1, 0.15) is 5.82 Å². The monoisotopic (exact) mass is 369 g/mol. The highest BCUT2D eigenvalue weighted by atomic mass is 79.9. The van der Waals surface area contributed by atoms with Crippen LogP contribution >= 0.6 is 27.3 Å². The summed E-state index contributed by atoms with van der Waals surface area (Å²) in [6, 6.07) is 4.23. The van der Waals surface area contributed by atoms with E-state index in [1.807, 2.05) is 0 Å². The molecule has 21 heavy (non-hydrogen) atoms. The predicted molar refractivity (Wildman–Crippen MR) is 91.9 cm³/mol. The van der Waals surface area contributed by atoms with Crippen LogP contribution in [-0.4, -0.2) is 23.6 Å². The summed E-state index contributed by atoms with van der Waals surface area (Å²) >= 11 is 5.32. The average molecular weight is 370 g/mol. The van der Waals surface area contributed by atoms with Crippen LogP contribution in [0, 0.1) is 0 Å². The molecule has 0 saturated heterocycles. The van der Waals surface area contributed by atoms with Crippen molar-refractivity contribution in [3.63, 3.8) is 0 Å². The highest BCUT2D eigenvalue weighted by Crippen LogP contribution is 2.31. The molecule has 114 valence electrons. The van der Waals surface area contributed by atoms with Crippen LogP contribution in [0.25, 0.3) is 10.7 Å². The van der Waals surface area contributed by atoms with E-state index in [1.54, 1.807) is 18.4 Å². The number of thiophene rings is 1. The maximum absolute atomic E-state index is 5.24. The third-order valence-electron chi connectivity index (χ3n) is 2.97. The highest BCUT2D eigenvalue weighted by Gasteiger charge is 2.14. The van der Waals surface area contributed by atoms with Gasteiger partial charge in [0.05, 0.1) is 21.7 Å². The van der Waals surface area contributed by atoms with Gasteiger partial charge < -0.3 is 10.1 Å². The van der Waals surface area contributed by atoms with E-state index < -0.39 is 0 Å². The fraction of sp³-hybridized carbons (Fsp3) is 0.467. The number of rotatable bonds is 7. The zero-order valence-electron chi connectivity index (χ0n) is 12.6. The van der Waals surface area contributed by atoms with Gasteiger partial charge in [0.25, 0.3) is 0 Å². The topological polar surface area (TPSA) is 47.0 Å². The molecule has 0 aliphatic rings. The van der Waals surface area contributed by atoms with Crippen molar-refractivity contribution < 1.29 is 4.74 Å². The molecule has 2 aromatic heterocycles. The van der Waals surface area contributed by atoms with Gasteiger partial charge in [-0.2, -0.15) is 0 Å². The minimum atomic E-state index is 0.461. The second-order valence-electron chi connectivity index (χ2n) is 4.64. The van der Waals surface area contributed by atoms with Crippen LogP contribution in [0.1, 0.15) is 30.8 Å². The Morgan fingerprint density at radius 1 is 1.29 bits per heavy atom. The molecule has 0 aliphatic carbocycles. The molecule has 2 rings (SSSR count). The number of ether oxygens (including phenoxy) is 1. The van der Waals surface area contributed by atoms with Crippen LogP contribution in [-0.2, 0) is 17.8 Å². The van der Waals surface area contributed by atoms with Gasteiger partial charge in [-0.1, -0.05) is 13.8 Å². The van der Waals surface area contributed by atoms with Crippen LogP contribution in [0.15, 0.2) is 16.6 Å². The van der Waals surface area contributed by atoms with E-state index in [0.717, 1.165) is 46.1 Å². The fourth-order valence-corrected chi connectivity index (χ4v) is 3.20. The molecule has 6 heteroatoms. The fourth-order valence-electron chi connectivity index (χ4n) is 1.88. The van der Waals surface area contributed by atoms with E-state index in [0.29, 0.717) is 6.61 Å². The summed E-state index contributed by atoms with van der Waals surface area (Å²) in [6.45, 7) is 5.63. The van der Waals surface area contributed by atoms with Gasteiger partial charge in [0.15, 0.2) is 5.82 Å². The second kappa shape index (κ2) is 7.87. The Hall–Kier alpha value is -0.980. The Kier molecular flexibility index (Phi) is 6.14. The molecule has 2 heterocycles. The summed E-state index contributed by atoms with van der Waals surface area (Å²) < 4.78 is 6.12. The predicted octanol–water partition coefficient (Wildman–Crippen LogP) is 4.50.